The quantitative estimate of drug-likeness (QED) is 0.672. The summed E-state index contributed by atoms with van der Waals surface area (Å²) in [5.74, 6) is 0.764. The van der Waals surface area contributed by atoms with Crippen LogP contribution in [0.5, 0.6) is 5.75 Å². The molecule has 96 valence electrons. The molecule has 17 heavy (non-hydrogen) atoms. The van der Waals surface area contributed by atoms with Crippen LogP contribution in [0.1, 0.15) is 63.0 Å². The lowest BCUT2D eigenvalue weighted by Crippen LogP contribution is -1.98. The van der Waals surface area contributed by atoms with Gasteiger partial charge in [-0.3, -0.25) is 0 Å². The molecule has 0 heterocycles. The number of unbranched alkanes of at least 4 members (excludes halogenated alkanes) is 3. The van der Waals surface area contributed by atoms with Crippen LogP contribution in [0.15, 0.2) is 12.1 Å². The number of phenols is 1. The van der Waals surface area contributed by atoms with Crippen molar-refractivity contribution in [1.29, 1.82) is 0 Å². The Hall–Kier alpha value is -0.690. The Morgan fingerprint density at radius 1 is 1.24 bits per heavy atom. The number of benzene rings is 1. The second kappa shape index (κ2) is 6.90. The molecule has 1 nitrogen and oxygen atoms in total. The minimum absolute atomic E-state index is 0.380. The fraction of sp³-hybridized carbons (Fsp3) is 0.600. The number of aromatic hydroxyl groups is 1. The summed E-state index contributed by atoms with van der Waals surface area (Å²) in [6.45, 7) is 6.38. The summed E-state index contributed by atoms with van der Waals surface area (Å²) in [5, 5.41) is 10.7. The van der Waals surface area contributed by atoms with Crippen LogP contribution in [0, 0.1) is 6.92 Å². The van der Waals surface area contributed by atoms with Gasteiger partial charge in [0, 0.05) is 10.6 Å². The van der Waals surface area contributed by atoms with E-state index in [0.717, 1.165) is 22.6 Å². The van der Waals surface area contributed by atoms with E-state index in [1.54, 1.807) is 12.1 Å². The Morgan fingerprint density at radius 3 is 2.59 bits per heavy atom. The van der Waals surface area contributed by atoms with E-state index in [-0.39, 0.29) is 0 Å². The molecule has 0 saturated heterocycles. The van der Waals surface area contributed by atoms with E-state index in [0.29, 0.717) is 11.7 Å². The molecule has 1 aromatic rings. The molecule has 0 aliphatic rings. The van der Waals surface area contributed by atoms with Gasteiger partial charge in [0.2, 0.25) is 0 Å². The van der Waals surface area contributed by atoms with Crippen LogP contribution in [0.3, 0.4) is 0 Å². The lowest BCUT2D eigenvalue weighted by atomic mass is 9.91. The third-order valence-corrected chi connectivity index (χ3v) is 3.82. The number of hydrogen-bond acceptors (Lipinski definition) is 1. The molecule has 1 rings (SSSR count). The Balaban J connectivity index is 2.68. The van der Waals surface area contributed by atoms with Crippen molar-refractivity contribution in [3.8, 4) is 5.75 Å². The van der Waals surface area contributed by atoms with E-state index in [1.165, 1.54) is 25.7 Å². The van der Waals surface area contributed by atoms with Gasteiger partial charge in [-0.2, -0.15) is 0 Å². The van der Waals surface area contributed by atoms with Gasteiger partial charge in [0.15, 0.2) is 0 Å². The average molecular weight is 255 g/mol. The monoisotopic (exact) mass is 254 g/mol. The Bertz CT molecular complexity index is 360. The molecule has 1 aromatic carbocycles. The summed E-state index contributed by atoms with van der Waals surface area (Å²) >= 11 is 6.10. The maximum Gasteiger partial charge on any atom is 0.119 e. The minimum Gasteiger partial charge on any atom is -0.508 e. The summed E-state index contributed by atoms with van der Waals surface area (Å²) in [7, 11) is 0. The van der Waals surface area contributed by atoms with E-state index in [1.807, 2.05) is 6.92 Å². The van der Waals surface area contributed by atoms with Crippen LogP contribution in [-0.2, 0) is 0 Å². The molecule has 1 atom stereocenters. The molecule has 1 unspecified atom stereocenters. The summed E-state index contributed by atoms with van der Waals surface area (Å²) < 4.78 is 0. The highest BCUT2D eigenvalue weighted by Crippen LogP contribution is 2.35. The van der Waals surface area contributed by atoms with Gasteiger partial charge in [0.1, 0.15) is 5.75 Å². The third kappa shape index (κ3) is 3.92. The number of rotatable bonds is 6. The van der Waals surface area contributed by atoms with E-state index in [9.17, 15) is 5.11 Å². The van der Waals surface area contributed by atoms with Crippen molar-refractivity contribution in [2.24, 2.45) is 0 Å². The zero-order valence-electron chi connectivity index (χ0n) is 11.1. The molecule has 0 radical (unpaired) electrons. The number of hydrogen-bond donors (Lipinski definition) is 1. The summed E-state index contributed by atoms with van der Waals surface area (Å²) in [4.78, 5) is 0. The lowest BCUT2D eigenvalue weighted by Gasteiger charge is -2.17. The van der Waals surface area contributed by atoms with Crippen LogP contribution < -0.4 is 0 Å². The van der Waals surface area contributed by atoms with Gasteiger partial charge in [-0.05, 0) is 37.0 Å². The van der Waals surface area contributed by atoms with Crippen molar-refractivity contribution >= 4 is 11.6 Å². The van der Waals surface area contributed by atoms with Gasteiger partial charge in [-0.15, -0.1) is 0 Å². The topological polar surface area (TPSA) is 20.2 Å². The minimum atomic E-state index is 0.380. The average Bonchev–Trinajstić information content (AvgIpc) is 2.30. The number of phenolic OH excluding ortho intramolecular Hbond substituents is 1. The molecule has 2 heteroatoms. The first-order valence-electron chi connectivity index (χ1n) is 6.55. The largest absolute Gasteiger partial charge is 0.508 e. The van der Waals surface area contributed by atoms with E-state index in [4.69, 9.17) is 11.6 Å². The summed E-state index contributed by atoms with van der Waals surface area (Å²) in [5.41, 5.74) is 2.05. The van der Waals surface area contributed by atoms with Crippen molar-refractivity contribution in [1.82, 2.24) is 0 Å². The van der Waals surface area contributed by atoms with Gasteiger partial charge in [0.05, 0.1) is 0 Å². The van der Waals surface area contributed by atoms with E-state index < -0.39 is 0 Å². The molecule has 0 bridgehead atoms. The van der Waals surface area contributed by atoms with Crippen LogP contribution in [0.25, 0.3) is 0 Å². The van der Waals surface area contributed by atoms with Gasteiger partial charge < -0.3 is 5.11 Å². The Morgan fingerprint density at radius 2 is 1.94 bits per heavy atom. The molecule has 0 saturated carbocycles. The maximum atomic E-state index is 9.93. The molecule has 0 aliphatic heterocycles. The van der Waals surface area contributed by atoms with Crippen molar-refractivity contribution in [2.45, 2.75) is 58.8 Å². The predicted molar refractivity (Wildman–Crippen MR) is 75.0 cm³/mol. The summed E-state index contributed by atoms with van der Waals surface area (Å²) in [6, 6.07) is 3.47. The maximum absolute atomic E-state index is 9.93. The van der Waals surface area contributed by atoms with Crippen molar-refractivity contribution in [3.05, 3.63) is 28.3 Å². The van der Waals surface area contributed by atoms with Gasteiger partial charge in [-0.25, -0.2) is 0 Å². The molecule has 0 amide bonds. The second-order valence-electron chi connectivity index (χ2n) is 4.86. The normalized spacial score (nSPS) is 12.7. The SMILES string of the molecule is CCCCCCC(C)c1c(O)ccc(Cl)c1C. The second-order valence-corrected chi connectivity index (χ2v) is 5.26. The van der Waals surface area contributed by atoms with Gasteiger partial charge in [-0.1, -0.05) is 51.1 Å². The van der Waals surface area contributed by atoms with Crippen LogP contribution in [-0.4, -0.2) is 5.11 Å². The zero-order chi connectivity index (χ0) is 12.8. The first-order chi connectivity index (χ1) is 8.07. The standard InChI is InChI=1S/C15H23ClO/c1-4-5-6-7-8-11(2)15-12(3)13(16)9-10-14(15)17/h9-11,17H,4-8H2,1-3H3. The van der Waals surface area contributed by atoms with Crippen LogP contribution >= 0.6 is 11.6 Å². The highest BCUT2D eigenvalue weighted by molar-refractivity contribution is 6.31. The molecular formula is C15H23ClO. The predicted octanol–water partition coefficient (Wildman–Crippen LogP) is 5.43. The first kappa shape index (κ1) is 14.4. The number of halogens is 1. The molecular weight excluding hydrogens is 232 g/mol. The van der Waals surface area contributed by atoms with Gasteiger partial charge >= 0.3 is 0 Å². The van der Waals surface area contributed by atoms with Crippen LogP contribution in [0.2, 0.25) is 5.02 Å². The van der Waals surface area contributed by atoms with Crippen LogP contribution in [0.4, 0.5) is 0 Å². The fourth-order valence-corrected chi connectivity index (χ4v) is 2.50. The van der Waals surface area contributed by atoms with E-state index in [2.05, 4.69) is 13.8 Å². The highest BCUT2D eigenvalue weighted by Gasteiger charge is 2.14. The Kier molecular flexibility index (Phi) is 5.84. The van der Waals surface area contributed by atoms with Crippen molar-refractivity contribution < 1.29 is 5.11 Å². The molecule has 0 spiro atoms. The van der Waals surface area contributed by atoms with Crippen molar-refractivity contribution in [2.75, 3.05) is 0 Å². The zero-order valence-corrected chi connectivity index (χ0v) is 11.8. The molecule has 0 aromatic heterocycles. The van der Waals surface area contributed by atoms with Crippen molar-refractivity contribution in [3.63, 3.8) is 0 Å². The third-order valence-electron chi connectivity index (χ3n) is 3.41. The summed E-state index contributed by atoms with van der Waals surface area (Å²) in [6.07, 6.45) is 6.18. The Labute approximate surface area is 110 Å². The smallest absolute Gasteiger partial charge is 0.119 e. The fourth-order valence-electron chi connectivity index (χ4n) is 2.33. The molecule has 0 fully saturated rings. The molecule has 1 N–H and O–H groups in total. The van der Waals surface area contributed by atoms with Gasteiger partial charge in [0.25, 0.3) is 0 Å². The lowest BCUT2D eigenvalue weighted by molar-refractivity contribution is 0.457. The highest BCUT2D eigenvalue weighted by atomic mass is 35.5. The first-order valence-corrected chi connectivity index (χ1v) is 6.93. The van der Waals surface area contributed by atoms with E-state index >= 15 is 0 Å². The molecule has 0 aliphatic carbocycles.